The predicted octanol–water partition coefficient (Wildman–Crippen LogP) is 12.5. The van der Waals surface area contributed by atoms with Crippen molar-refractivity contribution in [2.75, 3.05) is 6.61 Å². The van der Waals surface area contributed by atoms with Crippen LogP contribution in [0.1, 0.15) is 129 Å². The van der Waals surface area contributed by atoms with Crippen molar-refractivity contribution in [3.8, 4) is 0 Å². The Labute approximate surface area is 255 Å². The van der Waals surface area contributed by atoms with E-state index >= 15 is 0 Å². The van der Waals surface area contributed by atoms with Crippen molar-refractivity contribution in [2.24, 2.45) is 17.3 Å². The molecule has 0 fully saturated rings. The lowest BCUT2D eigenvalue weighted by molar-refractivity contribution is 0.0494. The number of rotatable bonds is 17. The van der Waals surface area contributed by atoms with E-state index in [0.717, 1.165) is 5.92 Å². The maximum Gasteiger partial charge on any atom is 0.192 e. The standard InChI is InChI=1S/C36H72O2Si2/c1-18-19-20-21-22-29(2)25-31(4)27-32(5)26-30(3)23-24-33(38-40(16,17)35(9,10)11)36(12,13)28-37-39(14,15)34(6,7)8/h23-24,26-27,29,32-33H,18-22,25,28H2,1-17H3/b24-23+,30-26+,31-27+/t29-,32-,33?/m1/s1. The monoisotopic (exact) mass is 593 g/mol. The van der Waals surface area contributed by atoms with E-state index in [9.17, 15) is 0 Å². The van der Waals surface area contributed by atoms with Gasteiger partial charge in [0.15, 0.2) is 16.6 Å². The summed E-state index contributed by atoms with van der Waals surface area (Å²) in [6, 6.07) is 0. The normalized spacial score (nSPS) is 17.4. The van der Waals surface area contributed by atoms with Gasteiger partial charge in [0.25, 0.3) is 0 Å². The SMILES string of the molecule is CCCCCC[C@@H](C)C/C(C)=C/[C@H](C)/C=C(C)/C=C/C(O[Si](C)(C)C(C)(C)C)C(C)(C)CO[Si](C)(C)C(C)(C)C. The fourth-order valence-corrected chi connectivity index (χ4v) is 7.02. The van der Waals surface area contributed by atoms with Gasteiger partial charge in [-0.05, 0) is 68.4 Å². The van der Waals surface area contributed by atoms with Crippen LogP contribution < -0.4 is 0 Å². The molecule has 40 heavy (non-hydrogen) atoms. The van der Waals surface area contributed by atoms with Crippen molar-refractivity contribution < 1.29 is 8.85 Å². The Bertz CT molecular complexity index is 819. The van der Waals surface area contributed by atoms with E-state index < -0.39 is 16.6 Å². The lowest BCUT2D eigenvalue weighted by Crippen LogP contribution is -2.50. The largest absolute Gasteiger partial charge is 0.416 e. The van der Waals surface area contributed by atoms with Crippen LogP contribution in [0.4, 0.5) is 0 Å². The second kappa shape index (κ2) is 16.4. The second-order valence-electron chi connectivity index (χ2n) is 16.6. The molecule has 2 nitrogen and oxygen atoms in total. The molecule has 0 aromatic heterocycles. The third kappa shape index (κ3) is 14.6. The van der Waals surface area contributed by atoms with E-state index in [0.29, 0.717) is 12.5 Å². The van der Waals surface area contributed by atoms with Crippen LogP contribution in [0.5, 0.6) is 0 Å². The van der Waals surface area contributed by atoms with Crippen molar-refractivity contribution in [2.45, 2.75) is 171 Å². The predicted molar refractivity (Wildman–Crippen MR) is 187 cm³/mol. The molecule has 0 rings (SSSR count). The highest BCUT2D eigenvalue weighted by Crippen LogP contribution is 2.42. The summed E-state index contributed by atoms with van der Waals surface area (Å²) in [4.78, 5) is 0. The molecule has 0 saturated carbocycles. The van der Waals surface area contributed by atoms with Gasteiger partial charge in [-0.25, -0.2) is 0 Å². The fourth-order valence-electron chi connectivity index (χ4n) is 4.46. The van der Waals surface area contributed by atoms with Crippen molar-refractivity contribution >= 4 is 16.6 Å². The molecule has 0 aliphatic heterocycles. The Balaban J connectivity index is 5.71. The summed E-state index contributed by atoms with van der Waals surface area (Å²) in [6.45, 7) is 40.2. The first-order valence-corrected chi connectivity index (χ1v) is 22.1. The molecule has 0 aliphatic rings. The van der Waals surface area contributed by atoms with Crippen molar-refractivity contribution in [3.63, 3.8) is 0 Å². The van der Waals surface area contributed by atoms with Crippen LogP contribution >= 0.6 is 0 Å². The number of hydrogen-bond acceptors (Lipinski definition) is 2. The summed E-state index contributed by atoms with van der Waals surface area (Å²) in [7, 11) is -3.82. The van der Waals surface area contributed by atoms with Crippen LogP contribution in [-0.4, -0.2) is 29.3 Å². The molecule has 0 saturated heterocycles. The zero-order valence-corrected chi connectivity index (χ0v) is 32.3. The Hall–Kier alpha value is -0.426. The minimum Gasteiger partial charge on any atom is -0.416 e. The molecular formula is C36H72O2Si2. The minimum atomic E-state index is -1.97. The van der Waals surface area contributed by atoms with Gasteiger partial charge in [-0.1, -0.05) is 144 Å². The lowest BCUT2D eigenvalue weighted by atomic mass is 9.87. The van der Waals surface area contributed by atoms with E-state index in [2.05, 4.69) is 141 Å². The third-order valence-corrected chi connectivity index (χ3v) is 18.4. The fraction of sp³-hybridized carbons (Fsp3) is 0.833. The molecule has 0 spiro atoms. The van der Waals surface area contributed by atoms with Gasteiger partial charge in [0.1, 0.15) is 0 Å². The first kappa shape index (κ1) is 39.6. The lowest BCUT2D eigenvalue weighted by Gasteiger charge is -2.45. The van der Waals surface area contributed by atoms with Gasteiger partial charge in [0.2, 0.25) is 0 Å². The number of hydrogen-bond donors (Lipinski definition) is 0. The average Bonchev–Trinajstić information content (AvgIpc) is 2.76. The topological polar surface area (TPSA) is 18.5 Å². The molecule has 0 aromatic carbocycles. The first-order valence-electron chi connectivity index (χ1n) is 16.3. The molecule has 0 heterocycles. The maximum atomic E-state index is 7.08. The van der Waals surface area contributed by atoms with Gasteiger partial charge in [0.05, 0.1) is 6.10 Å². The van der Waals surface area contributed by atoms with E-state index in [1.807, 2.05) is 0 Å². The number of unbranched alkanes of at least 4 members (excludes halogenated alkanes) is 3. The van der Waals surface area contributed by atoms with E-state index in [-0.39, 0.29) is 21.6 Å². The molecule has 236 valence electrons. The van der Waals surface area contributed by atoms with Crippen LogP contribution in [-0.2, 0) is 8.85 Å². The Kier molecular flexibility index (Phi) is 16.3. The van der Waals surface area contributed by atoms with Gasteiger partial charge in [-0.15, -0.1) is 0 Å². The molecule has 0 aromatic rings. The van der Waals surface area contributed by atoms with Crippen LogP contribution in [0.2, 0.25) is 36.3 Å². The molecule has 4 heteroatoms. The summed E-state index contributed by atoms with van der Waals surface area (Å²) in [5.41, 5.74) is 2.69. The molecule has 0 amide bonds. The van der Waals surface area contributed by atoms with Gasteiger partial charge < -0.3 is 8.85 Å². The van der Waals surface area contributed by atoms with E-state index in [1.54, 1.807) is 0 Å². The van der Waals surface area contributed by atoms with Crippen LogP contribution in [0.3, 0.4) is 0 Å². The van der Waals surface area contributed by atoms with E-state index in [4.69, 9.17) is 8.85 Å². The van der Waals surface area contributed by atoms with Crippen molar-refractivity contribution in [3.05, 3.63) is 35.5 Å². The molecular weight excluding hydrogens is 521 g/mol. The zero-order valence-electron chi connectivity index (χ0n) is 30.3. The Morgan fingerprint density at radius 3 is 1.82 bits per heavy atom. The minimum absolute atomic E-state index is 0.00246. The zero-order chi connectivity index (χ0) is 31.6. The van der Waals surface area contributed by atoms with Crippen LogP contribution in [0.25, 0.3) is 0 Å². The maximum absolute atomic E-state index is 7.08. The van der Waals surface area contributed by atoms with E-state index in [1.165, 1.54) is 49.7 Å². The highest BCUT2D eigenvalue weighted by Gasteiger charge is 2.44. The Morgan fingerprint density at radius 1 is 0.775 bits per heavy atom. The van der Waals surface area contributed by atoms with Crippen molar-refractivity contribution in [1.82, 2.24) is 0 Å². The molecule has 3 atom stereocenters. The summed E-state index contributed by atoms with van der Waals surface area (Å²) in [5, 5.41) is 0.354. The first-order chi connectivity index (χ1) is 17.9. The summed E-state index contributed by atoms with van der Waals surface area (Å²) < 4.78 is 13.8. The highest BCUT2D eigenvalue weighted by atomic mass is 28.4. The molecule has 0 aliphatic carbocycles. The van der Waals surface area contributed by atoms with Gasteiger partial charge >= 0.3 is 0 Å². The highest BCUT2D eigenvalue weighted by molar-refractivity contribution is 6.74. The molecule has 0 radical (unpaired) electrons. The Morgan fingerprint density at radius 2 is 1.32 bits per heavy atom. The van der Waals surface area contributed by atoms with Crippen molar-refractivity contribution in [1.29, 1.82) is 0 Å². The quantitative estimate of drug-likeness (QED) is 0.0723. The summed E-state index contributed by atoms with van der Waals surface area (Å²) in [6.07, 6.45) is 17.5. The number of allylic oxidation sites excluding steroid dienone is 5. The summed E-state index contributed by atoms with van der Waals surface area (Å²) in [5.74, 6) is 1.20. The molecule has 1 unspecified atom stereocenters. The van der Waals surface area contributed by atoms with Gasteiger partial charge in [-0.2, -0.15) is 0 Å². The van der Waals surface area contributed by atoms with Gasteiger partial charge in [-0.3, -0.25) is 0 Å². The molecule has 0 N–H and O–H groups in total. The molecule has 0 bridgehead atoms. The average molecular weight is 593 g/mol. The second-order valence-corrected chi connectivity index (χ2v) is 26.2. The van der Waals surface area contributed by atoms with Crippen LogP contribution in [0.15, 0.2) is 35.5 Å². The summed E-state index contributed by atoms with van der Waals surface area (Å²) >= 11 is 0. The van der Waals surface area contributed by atoms with Gasteiger partial charge in [0, 0.05) is 12.0 Å². The van der Waals surface area contributed by atoms with Crippen LogP contribution in [0, 0.1) is 17.3 Å². The smallest absolute Gasteiger partial charge is 0.192 e. The third-order valence-electron chi connectivity index (χ3n) is 9.44.